The molecule has 5 nitrogen and oxygen atoms in total. The maximum Gasteiger partial charge on any atom is 0.405 e. The maximum absolute atomic E-state index is 12.2. The van der Waals surface area contributed by atoms with E-state index in [-0.39, 0.29) is 5.78 Å². The van der Waals surface area contributed by atoms with E-state index in [9.17, 15) is 9.59 Å². The average molecular weight is 253 g/mol. The first-order valence-electron chi connectivity index (χ1n) is 6.27. The van der Waals surface area contributed by atoms with Gasteiger partial charge in [0.2, 0.25) is 0 Å². The van der Waals surface area contributed by atoms with Crippen molar-refractivity contribution >= 4 is 11.9 Å². The number of rotatable bonds is 5. The molecule has 5 heteroatoms. The van der Waals surface area contributed by atoms with E-state index < -0.39 is 17.7 Å². The van der Waals surface area contributed by atoms with Crippen LogP contribution in [0.1, 0.15) is 39.5 Å². The Morgan fingerprint density at radius 3 is 2.61 bits per heavy atom. The standard InChI is InChI=1S/C13H19NO4/c1-8-4-3-5-9(8)6-10(14-12(16)17)11(15)13(2)7-18-13/h10,14H,3-7H2,1-2H3,(H,16,17). The van der Waals surface area contributed by atoms with Crippen LogP contribution in [0.4, 0.5) is 4.79 Å². The first-order valence-corrected chi connectivity index (χ1v) is 6.27. The van der Waals surface area contributed by atoms with Crippen molar-refractivity contribution in [2.45, 2.75) is 51.2 Å². The van der Waals surface area contributed by atoms with Gasteiger partial charge >= 0.3 is 6.09 Å². The lowest BCUT2D eigenvalue weighted by Crippen LogP contribution is -2.45. The van der Waals surface area contributed by atoms with Crippen LogP contribution in [0.25, 0.3) is 0 Å². The lowest BCUT2D eigenvalue weighted by atomic mass is 9.93. The summed E-state index contributed by atoms with van der Waals surface area (Å²) >= 11 is 0. The highest BCUT2D eigenvalue weighted by Gasteiger charge is 2.50. The van der Waals surface area contributed by atoms with Gasteiger partial charge in [-0.25, -0.2) is 4.79 Å². The van der Waals surface area contributed by atoms with Crippen molar-refractivity contribution in [3.8, 4) is 0 Å². The lowest BCUT2D eigenvalue weighted by molar-refractivity contribution is -0.125. The smallest absolute Gasteiger partial charge is 0.405 e. The van der Waals surface area contributed by atoms with Gasteiger partial charge in [-0.3, -0.25) is 4.79 Å². The molecule has 1 aliphatic heterocycles. The van der Waals surface area contributed by atoms with Crippen LogP contribution in [-0.2, 0) is 9.53 Å². The van der Waals surface area contributed by atoms with Gasteiger partial charge in [0.25, 0.3) is 0 Å². The molecule has 0 aromatic heterocycles. The van der Waals surface area contributed by atoms with Gasteiger partial charge in [-0.15, -0.1) is 0 Å². The topological polar surface area (TPSA) is 78.9 Å². The molecule has 2 aliphatic rings. The minimum Gasteiger partial charge on any atom is -0.465 e. The number of epoxide rings is 1. The van der Waals surface area contributed by atoms with Gasteiger partial charge in [-0.2, -0.15) is 0 Å². The zero-order chi connectivity index (χ0) is 13.3. The fourth-order valence-electron chi connectivity index (χ4n) is 2.46. The molecule has 0 spiro atoms. The second-order valence-corrected chi connectivity index (χ2v) is 5.33. The predicted octanol–water partition coefficient (Wildman–Crippen LogP) is 1.87. The van der Waals surface area contributed by atoms with Crippen LogP contribution in [0.15, 0.2) is 11.1 Å². The molecule has 100 valence electrons. The van der Waals surface area contributed by atoms with Crippen LogP contribution in [0.2, 0.25) is 0 Å². The van der Waals surface area contributed by atoms with E-state index in [1.54, 1.807) is 6.92 Å². The molecule has 0 bridgehead atoms. The van der Waals surface area contributed by atoms with E-state index in [4.69, 9.17) is 9.84 Å². The minimum atomic E-state index is -1.16. The number of carbonyl (C=O) groups excluding carboxylic acids is 1. The highest BCUT2D eigenvalue weighted by Crippen LogP contribution is 2.33. The Kier molecular flexibility index (Phi) is 3.43. The van der Waals surface area contributed by atoms with Gasteiger partial charge in [-0.05, 0) is 39.5 Å². The predicted molar refractivity (Wildman–Crippen MR) is 65.5 cm³/mol. The minimum absolute atomic E-state index is 0.155. The van der Waals surface area contributed by atoms with Crippen LogP contribution in [-0.4, -0.2) is 35.2 Å². The van der Waals surface area contributed by atoms with Crippen molar-refractivity contribution in [1.82, 2.24) is 5.32 Å². The monoisotopic (exact) mass is 253 g/mol. The molecule has 1 fully saturated rings. The maximum atomic E-state index is 12.2. The number of hydrogen-bond donors (Lipinski definition) is 2. The third-order valence-corrected chi connectivity index (χ3v) is 3.80. The summed E-state index contributed by atoms with van der Waals surface area (Å²) in [5, 5.41) is 11.2. The van der Waals surface area contributed by atoms with Crippen molar-refractivity contribution in [1.29, 1.82) is 0 Å². The number of nitrogens with one attached hydrogen (secondary N) is 1. The van der Waals surface area contributed by atoms with Crippen LogP contribution >= 0.6 is 0 Å². The van der Waals surface area contributed by atoms with E-state index in [0.29, 0.717) is 13.0 Å². The Hall–Kier alpha value is -1.36. The number of carboxylic acid groups (broad SMARTS) is 1. The van der Waals surface area contributed by atoms with Gasteiger partial charge in [0.05, 0.1) is 12.6 Å². The van der Waals surface area contributed by atoms with Crippen molar-refractivity contribution in [3.05, 3.63) is 11.1 Å². The molecule has 2 rings (SSSR count). The van der Waals surface area contributed by atoms with Crippen molar-refractivity contribution in [2.24, 2.45) is 0 Å². The molecule has 2 atom stereocenters. The van der Waals surface area contributed by atoms with Gasteiger partial charge in [0.1, 0.15) is 5.60 Å². The number of Topliss-reactive ketones (excluding diaryl/α,β-unsaturated/α-hetero) is 1. The zero-order valence-corrected chi connectivity index (χ0v) is 10.8. The van der Waals surface area contributed by atoms with E-state index >= 15 is 0 Å². The number of amides is 1. The second kappa shape index (κ2) is 4.72. The first kappa shape index (κ1) is 13.1. The molecule has 1 saturated heterocycles. The van der Waals surface area contributed by atoms with Crippen LogP contribution in [0, 0.1) is 0 Å². The Morgan fingerprint density at radius 1 is 1.50 bits per heavy atom. The molecule has 1 amide bonds. The highest BCUT2D eigenvalue weighted by molar-refractivity contribution is 5.95. The second-order valence-electron chi connectivity index (χ2n) is 5.33. The Morgan fingerprint density at radius 2 is 2.17 bits per heavy atom. The third kappa shape index (κ3) is 2.72. The summed E-state index contributed by atoms with van der Waals surface area (Å²) in [5.41, 5.74) is 1.73. The molecule has 2 N–H and O–H groups in total. The third-order valence-electron chi connectivity index (χ3n) is 3.80. The summed E-state index contributed by atoms with van der Waals surface area (Å²) in [6.07, 6.45) is 2.44. The zero-order valence-electron chi connectivity index (χ0n) is 10.8. The molecule has 0 aromatic rings. The summed E-state index contributed by atoms with van der Waals surface area (Å²) in [6.45, 7) is 4.16. The van der Waals surface area contributed by atoms with Crippen LogP contribution in [0.5, 0.6) is 0 Å². The number of ether oxygens (including phenoxy) is 1. The largest absolute Gasteiger partial charge is 0.465 e. The summed E-state index contributed by atoms with van der Waals surface area (Å²) < 4.78 is 5.11. The SMILES string of the molecule is CC1=C(CC(NC(=O)O)C(=O)C2(C)CO2)CCC1. The Balaban J connectivity index is 2.07. The van der Waals surface area contributed by atoms with E-state index in [2.05, 4.69) is 12.2 Å². The first-order chi connectivity index (χ1) is 8.42. The van der Waals surface area contributed by atoms with Crippen molar-refractivity contribution in [3.63, 3.8) is 0 Å². The van der Waals surface area contributed by atoms with Gasteiger partial charge < -0.3 is 15.2 Å². The van der Waals surface area contributed by atoms with Crippen LogP contribution < -0.4 is 5.32 Å². The van der Waals surface area contributed by atoms with Crippen LogP contribution in [0.3, 0.4) is 0 Å². The van der Waals surface area contributed by atoms with Gasteiger partial charge in [0, 0.05) is 0 Å². The summed E-state index contributed by atoms with van der Waals surface area (Å²) in [5.74, 6) is -0.155. The quantitative estimate of drug-likeness (QED) is 0.579. The normalized spacial score (nSPS) is 28.1. The highest BCUT2D eigenvalue weighted by atomic mass is 16.6. The molecule has 0 radical (unpaired) electrons. The summed E-state index contributed by atoms with van der Waals surface area (Å²) in [6, 6.07) is -0.682. The Bertz CT molecular complexity index is 409. The molecule has 0 saturated carbocycles. The molecule has 2 unspecified atom stereocenters. The van der Waals surface area contributed by atoms with Gasteiger partial charge in [0.15, 0.2) is 5.78 Å². The summed E-state index contributed by atoms with van der Waals surface area (Å²) in [7, 11) is 0. The molecule has 0 aromatic carbocycles. The van der Waals surface area contributed by atoms with E-state index in [0.717, 1.165) is 19.3 Å². The molecule has 18 heavy (non-hydrogen) atoms. The van der Waals surface area contributed by atoms with Crippen molar-refractivity contribution in [2.75, 3.05) is 6.61 Å². The number of hydrogen-bond acceptors (Lipinski definition) is 3. The fourth-order valence-corrected chi connectivity index (χ4v) is 2.46. The van der Waals surface area contributed by atoms with Gasteiger partial charge in [-0.1, -0.05) is 11.1 Å². The Labute approximate surface area is 106 Å². The van der Waals surface area contributed by atoms with Crippen molar-refractivity contribution < 1.29 is 19.4 Å². The average Bonchev–Trinajstić information content (AvgIpc) is 2.92. The molecule has 1 aliphatic carbocycles. The molecular formula is C13H19NO4. The van der Waals surface area contributed by atoms with E-state index in [1.807, 2.05) is 0 Å². The summed E-state index contributed by atoms with van der Waals surface area (Å²) in [4.78, 5) is 23.0. The number of allylic oxidation sites excluding steroid dienone is 1. The fraction of sp³-hybridized carbons (Fsp3) is 0.692. The van der Waals surface area contributed by atoms with E-state index in [1.165, 1.54) is 11.1 Å². The number of carbonyl (C=O) groups is 2. The molecular weight excluding hydrogens is 234 g/mol. The molecule has 1 heterocycles. The lowest BCUT2D eigenvalue weighted by Gasteiger charge is -2.19. The number of ketones is 1.